The molecular formula is C13H13Br2NOS. The molecule has 2 rings (SSSR count). The third-order valence-corrected chi connectivity index (χ3v) is 4.91. The first-order chi connectivity index (χ1) is 8.58. The normalized spacial score (nSPS) is 12.4. The standard InChI is InChI=1S/C13H13Br2NOS/c1-8(16)10-6-9(14)2-3-12(10)17-7-13-11(15)4-5-18-13/h2-6,8H,7,16H2,1H3/t8-/m0/s1. The summed E-state index contributed by atoms with van der Waals surface area (Å²) in [6, 6.07) is 7.89. The Kier molecular flexibility index (Phi) is 4.84. The van der Waals surface area contributed by atoms with E-state index in [0.29, 0.717) is 6.61 Å². The van der Waals surface area contributed by atoms with Crippen molar-refractivity contribution in [3.8, 4) is 5.75 Å². The predicted octanol–water partition coefficient (Wildman–Crippen LogP) is 4.87. The van der Waals surface area contributed by atoms with E-state index >= 15 is 0 Å². The molecule has 2 N–H and O–H groups in total. The van der Waals surface area contributed by atoms with Gasteiger partial charge >= 0.3 is 0 Å². The van der Waals surface area contributed by atoms with Gasteiger partial charge in [0.05, 0.1) is 4.88 Å². The number of benzene rings is 1. The van der Waals surface area contributed by atoms with Gasteiger partial charge < -0.3 is 10.5 Å². The summed E-state index contributed by atoms with van der Waals surface area (Å²) in [5.74, 6) is 0.841. The topological polar surface area (TPSA) is 35.2 Å². The van der Waals surface area contributed by atoms with Crippen molar-refractivity contribution in [1.82, 2.24) is 0 Å². The van der Waals surface area contributed by atoms with Crippen LogP contribution >= 0.6 is 43.2 Å². The van der Waals surface area contributed by atoms with Gasteiger partial charge in [0, 0.05) is 20.6 Å². The fraction of sp³-hybridized carbons (Fsp3) is 0.231. The van der Waals surface area contributed by atoms with Gasteiger partial charge in [0.25, 0.3) is 0 Å². The van der Waals surface area contributed by atoms with Crippen LogP contribution in [0.25, 0.3) is 0 Å². The number of rotatable bonds is 4. The number of nitrogens with two attached hydrogens (primary N) is 1. The number of halogens is 2. The zero-order chi connectivity index (χ0) is 13.1. The molecule has 1 atom stereocenters. The Hall–Kier alpha value is -0.360. The molecule has 1 aromatic carbocycles. The minimum atomic E-state index is -0.0516. The molecule has 0 radical (unpaired) electrons. The van der Waals surface area contributed by atoms with E-state index in [0.717, 1.165) is 20.3 Å². The molecule has 0 saturated heterocycles. The minimum absolute atomic E-state index is 0.0516. The van der Waals surface area contributed by atoms with E-state index in [1.165, 1.54) is 4.88 Å². The number of ether oxygens (including phenoxy) is 1. The first kappa shape index (κ1) is 14.1. The van der Waals surface area contributed by atoms with E-state index < -0.39 is 0 Å². The maximum atomic E-state index is 5.95. The molecular weight excluding hydrogens is 378 g/mol. The molecule has 0 unspecified atom stereocenters. The summed E-state index contributed by atoms with van der Waals surface area (Å²) in [6.45, 7) is 2.51. The van der Waals surface area contributed by atoms with Crippen LogP contribution in [0, 0.1) is 0 Å². The molecule has 2 aromatic rings. The van der Waals surface area contributed by atoms with Gasteiger partial charge in [-0.1, -0.05) is 15.9 Å². The highest BCUT2D eigenvalue weighted by Crippen LogP contribution is 2.30. The van der Waals surface area contributed by atoms with Crippen molar-refractivity contribution in [1.29, 1.82) is 0 Å². The lowest BCUT2D eigenvalue weighted by Crippen LogP contribution is -2.08. The van der Waals surface area contributed by atoms with Crippen LogP contribution in [-0.4, -0.2) is 0 Å². The molecule has 0 aliphatic heterocycles. The zero-order valence-corrected chi connectivity index (χ0v) is 13.8. The van der Waals surface area contributed by atoms with Crippen LogP contribution in [0.15, 0.2) is 38.6 Å². The highest BCUT2D eigenvalue weighted by atomic mass is 79.9. The summed E-state index contributed by atoms with van der Waals surface area (Å²) < 4.78 is 7.96. The summed E-state index contributed by atoms with van der Waals surface area (Å²) >= 11 is 8.62. The molecule has 5 heteroatoms. The Morgan fingerprint density at radius 1 is 1.33 bits per heavy atom. The lowest BCUT2D eigenvalue weighted by molar-refractivity contribution is 0.304. The summed E-state index contributed by atoms with van der Waals surface area (Å²) in [5.41, 5.74) is 6.97. The Morgan fingerprint density at radius 3 is 2.72 bits per heavy atom. The van der Waals surface area contributed by atoms with Crippen LogP contribution in [-0.2, 0) is 6.61 Å². The van der Waals surface area contributed by atoms with E-state index in [1.54, 1.807) is 11.3 Å². The molecule has 0 saturated carbocycles. The first-order valence-corrected chi connectivity index (χ1v) is 7.94. The van der Waals surface area contributed by atoms with Crippen molar-refractivity contribution in [2.45, 2.75) is 19.6 Å². The average Bonchev–Trinajstić information content (AvgIpc) is 2.73. The lowest BCUT2D eigenvalue weighted by atomic mass is 10.1. The third kappa shape index (κ3) is 3.35. The number of hydrogen-bond donors (Lipinski definition) is 1. The van der Waals surface area contributed by atoms with Crippen molar-refractivity contribution in [2.24, 2.45) is 5.73 Å². The van der Waals surface area contributed by atoms with E-state index in [-0.39, 0.29) is 6.04 Å². The molecule has 0 bridgehead atoms. The second kappa shape index (κ2) is 6.19. The zero-order valence-electron chi connectivity index (χ0n) is 9.82. The summed E-state index contributed by atoms with van der Waals surface area (Å²) in [7, 11) is 0. The fourth-order valence-electron chi connectivity index (χ4n) is 1.58. The van der Waals surface area contributed by atoms with Crippen molar-refractivity contribution >= 4 is 43.2 Å². The first-order valence-electron chi connectivity index (χ1n) is 5.47. The van der Waals surface area contributed by atoms with E-state index in [9.17, 15) is 0 Å². The van der Waals surface area contributed by atoms with Crippen LogP contribution in [0.1, 0.15) is 23.4 Å². The fourth-order valence-corrected chi connectivity index (χ4v) is 3.33. The van der Waals surface area contributed by atoms with Crippen molar-refractivity contribution < 1.29 is 4.74 Å². The molecule has 1 heterocycles. The van der Waals surface area contributed by atoms with Crippen LogP contribution in [0.3, 0.4) is 0 Å². The maximum absolute atomic E-state index is 5.95. The second-order valence-electron chi connectivity index (χ2n) is 3.95. The van der Waals surface area contributed by atoms with Crippen LogP contribution < -0.4 is 10.5 Å². The van der Waals surface area contributed by atoms with Crippen molar-refractivity contribution in [3.63, 3.8) is 0 Å². The van der Waals surface area contributed by atoms with Crippen LogP contribution in [0.5, 0.6) is 5.75 Å². The van der Waals surface area contributed by atoms with Crippen molar-refractivity contribution in [3.05, 3.63) is 49.0 Å². The Bertz CT molecular complexity index is 540. The van der Waals surface area contributed by atoms with Gasteiger partial charge in [-0.05, 0) is 52.5 Å². The highest BCUT2D eigenvalue weighted by molar-refractivity contribution is 9.10. The van der Waals surface area contributed by atoms with Crippen LogP contribution in [0.4, 0.5) is 0 Å². The average molecular weight is 391 g/mol. The summed E-state index contributed by atoms with van der Waals surface area (Å²) in [4.78, 5) is 1.17. The predicted molar refractivity (Wildman–Crippen MR) is 83.1 cm³/mol. The van der Waals surface area contributed by atoms with Crippen LogP contribution in [0.2, 0.25) is 0 Å². The Labute approximate surface area is 127 Å². The molecule has 1 aromatic heterocycles. The molecule has 0 aliphatic rings. The van der Waals surface area contributed by atoms with Gasteiger partial charge in [0.15, 0.2) is 0 Å². The summed E-state index contributed by atoms with van der Waals surface area (Å²) in [6.07, 6.45) is 0. The SMILES string of the molecule is C[C@H](N)c1cc(Br)ccc1OCc1sccc1Br. The van der Waals surface area contributed by atoms with Gasteiger partial charge in [0.1, 0.15) is 12.4 Å². The number of hydrogen-bond acceptors (Lipinski definition) is 3. The van der Waals surface area contributed by atoms with Gasteiger partial charge in [-0.3, -0.25) is 0 Å². The molecule has 0 amide bonds. The number of thiophene rings is 1. The largest absolute Gasteiger partial charge is 0.488 e. The lowest BCUT2D eigenvalue weighted by Gasteiger charge is -2.14. The molecule has 2 nitrogen and oxygen atoms in total. The highest BCUT2D eigenvalue weighted by Gasteiger charge is 2.10. The molecule has 18 heavy (non-hydrogen) atoms. The van der Waals surface area contributed by atoms with Gasteiger partial charge in [0.2, 0.25) is 0 Å². The van der Waals surface area contributed by atoms with Gasteiger partial charge in [-0.15, -0.1) is 11.3 Å². The Balaban J connectivity index is 2.16. The second-order valence-corrected chi connectivity index (χ2v) is 6.72. The van der Waals surface area contributed by atoms with Gasteiger partial charge in [-0.25, -0.2) is 0 Å². The van der Waals surface area contributed by atoms with E-state index in [1.807, 2.05) is 36.6 Å². The summed E-state index contributed by atoms with van der Waals surface area (Å²) in [5, 5.41) is 2.04. The van der Waals surface area contributed by atoms with E-state index in [2.05, 4.69) is 31.9 Å². The monoisotopic (exact) mass is 389 g/mol. The maximum Gasteiger partial charge on any atom is 0.124 e. The molecule has 96 valence electrons. The van der Waals surface area contributed by atoms with Crippen molar-refractivity contribution in [2.75, 3.05) is 0 Å². The quantitative estimate of drug-likeness (QED) is 0.807. The molecule has 0 spiro atoms. The van der Waals surface area contributed by atoms with E-state index in [4.69, 9.17) is 10.5 Å². The van der Waals surface area contributed by atoms with Gasteiger partial charge in [-0.2, -0.15) is 0 Å². The minimum Gasteiger partial charge on any atom is -0.488 e. The Morgan fingerprint density at radius 2 is 2.11 bits per heavy atom. The third-order valence-electron chi connectivity index (χ3n) is 2.51. The molecule has 0 aliphatic carbocycles. The molecule has 0 fully saturated rings. The smallest absolute Gasteiger partial charge is 0.124 e.